The third-order valence-electron chi connectivity index (χ3n) is 5.72. The van der Waals surface area contributed by atoms with E-state index in [9.17, 15) is 4.79 Å². The molecular weight excluding hydrogens is 412 g/mol. The number of pyridine rings is 2. The van der Waals surface area contributed by atoms with Crippen LogP contribution in [0.3, 0.4) is 0 Å². The van der Waals surface area contributed by atoms with Crippen molar-refractivity contribution in [2.45, 2.75) is 13.0 Å². The van der Waals surface area contributed by atoms with Crippen LogP contribution in [0.4, 0.5) is 0 Å². The van der Waals surface area contributed by atoms with E-state index in [0.29, 0.717) is 22.8 Å². The molecule has 2 aromatic heterocycles. The number of methoxy groups -OCH3 is 1. The zero-order valence-electron chi connectivity index (χ0n) is 18.3. The van der Waals surface area contributed by atoms with Crippen LogP contribution in [0.2, 0.25) is 0 Å². The van der Waals surface area contributed by atoms with Gasteiger partial charge in [0, 0.05) is 29.0 Å². The van der Waals surface area contributed by atoms with E-state index in [4.69, 9.17) is 14.7 Å². The Morgan fingerprint density at radius 1 is 0.939 bits per heavy atom. The average molecular weight is 434 g/mol. The maximum absolute atomic E-state index is 12.8. The molecule has 6 nitrogen and oxygen atoms in total. The van der Waals surface area contributed by atoms with E-state index in [2.05, 4.69) is 28.5 Å². The van der Waals surface area contributed by atoms with Gasteiger partial charge in [-0.25, -0.2) is 4.79 Å². The molecule has 0 saturated carbocycles. The first kappa shape index (κ1) is 20.6. The SMILES string of the molecule is COC(=O)C1=C(C)NC(c2ccccn2)=NC1c1cccc2ncc(-c3ccccc3)cc12. The minimum atomic E-state index is -0.563. The van der Waals surface area contributed by atoms with E-state index in [1.54, 1.807) is 6.20 Å². The van der Waals surface area contributed by atoms with Gasteiger partial charge in [0.05, 0.1) is 18.2 Å². The number of amidine groups is 1. The predicted octanol–water partition coefficient (Wildman–Crippen LogP) is 4.83. The molecule has 0 spiro atoms. The number of allylic oxidation sites excluding steroid dienone is 1. The zero-order chi connectivity index (χ0) is 22.8. The largest absolute Gasteiger partial charge is 0.466 e. The highest BCUT2D eigenvalue weighted by Gasteiger charge is 2.31. The van der Waals surface area contributed by atoms with Gasteiger partial charge in [-0.05, 0) is 42.3 Å². The summed E-state index contributed by atoms with van der Waals surface area (Å²) < 4.78 is 5.12. The highest BCUT2D eigenvalue weighted by Crippen LogP contribution is 2.36. The normalized spacial score (nSPS) is 15.7. The second kappa shape index (κ2) is 8.67. The van der Waals surface area contributed by atoms with Crippen molar-refractivity contribution in [3.8, 4) is 11.1 Å². The summed E-state index contributed by atoms with van der Waals surface area (Å²) in [4.78, 5) is 26.9. The van der Waals surface area contributed by atoms with Crippen LogP contribution in [0, 0.1) is 0 Å². The first-order valence-corrected chi connectivity index (χ1v) is 10.6. The Balaban J connectivity index is 1.71. The number of carbonyl (C=O) groups excluding carboxylic acids is 1. The van der Waals surface area contributed by atoms with Gasteiger partial charge in [0.25, 0.3) is 0 Å². The molecule has 1 unspecified atom stereocenters. The van der Waals surface area contributed by atoms with E-state index >= 15 is 0 Å². The van der Waals surface area contributed by atoms with Crippen molar-refractivity contribution in [3.63, 3.8) is 0 Å². The van der Waals surface area contributed by atoms with E-state index in [-0.39, 0.29) is 0 Å². The third kappa shape index (κ3) is 3.87. The first-order chi connectivity index (χ1) is 16.2. The lowest BCUT2D eigenvalue weighted by molar-refractivity contribution is -0.136. The van der Waals surface area contributed by atoms with Crippen LogP contribution in [0.25, 0.3) is 22.0 Å². The molecule has 1 atom stereocenters. The van der Waals surface area contributed by atoms with Gasteiger partial charge in [0.15, 0.2) is 5.84 Å². The van der Waals surface area contributed by atoms with Crippen LogP contribution in [-0.4, -0.2) is 28.9 Å². The van der Waals surface area contributed by atoms with Gasteiger partial charge in [-0.1, -0.05) is 48.5 Å². The topological polar surface area (TPSA) is 76.5 Å². The fourth-order valence-corrected chi connectivity index (χ4v) is 4.11. The lowest BCUT2D eigenvalue weighted by atomic mass is 9.92. The number of benzene rings is 2. The fraction of sp³-hybridized carbons (Fsp3) is 0.111. The second-order valence-electron chi connectivity index (χ2n) is 7.75. The van der Waals surface area contributed by atoms with E-state index in [1.807, 2.05) is 67.7 Å². The number of carbonyl (C=O) groups is 1. The Morgan fingerprint density at radius 2 is 1.76 bits per heavy atom. The molecule has 0 saturated heterocycles. The van der Waals surface area contributed by atoms with Crippen LogP contribution in [0.1, 0.15) is 24.2 Å². The molecule has 6 heteroatoms. The molecule has 1 aliphatic heterocycles. The summed E-state index contributed by atoms with van der Waals surface area (Å²) in [6, 6.07) is 23.2. The minimum Gasteiger partial charge on any atom is -0.466 e. The Morgan fingerprint density at radius 3 is 2.52 bits per heavy atom. The molecule has 4 aromatic rings. The third-order valence-corrected chi connectivity index (χ3v) is 5.72. The highest BCUT2D eigenvalue weighted by atomic mass is 16.5. The van der Waals surface area contributed by atoms with Gasteiger partial charge in [0.2, 0.25) is 0 Å². The zero-order valence-corrected chi connectivity index (χ0v) is 18.3. The molecular formula is C27H22N4O2. The Labute approximate surface area is 191 Å². The summed E-state index contributed by atoms with van der Waals surface area (Å²) in [7, 11) is 1.38. The van der Waals surface area contributed by atoms with Gasteiger partial charge < -0.3 is 10.1 Å². The van der Waals surface area contributed by atoms with Gasteiger partial charge in [-0.2, -0.15) is 0 Å². The van der Waals surface area contributed by atoms with E-state index in [1.165, 1.54) is 7.11 Å². The number of aliphatic imine (C=N–C) groups is 1. The fourth-order valence-electron chi connectivity index (χ4n) is 4.11. The maximum Gasteiger partial charge on any atom is 0.338 e. The molecule has 1 aliphatic rings. The summed E-state index contributed by atoms with van der Waals surface area (Å²) in [6.07, 6.45) is 3.59. The second-order valence-corrected chi connectivity index (χ2v) is 7.75. The number of nitrogens with one attached hydrogen (secondary N) is 1. The lowest BCUT2D eigenvalue weighted by Gasteiger charge is -2.26. The first-order valence-electron chi connectivity index (χ1n) is 10.6. The van der Waals surface area contributed by atoms with E-state index in [0.717, 1.165) is 27.6 Å². The van der Waals surface area contributed by atoms with Crippen molar-refractivity contribution >= 4 is 22.7 Å². The molecule has 3 heterocycles. The minimum absolute atomic E-state index is 0.419. The molecule has 0 fully saturated rings. The molecule has 33 heavy (non-hydrogen) atoms. The molecule has 1 N–H and O–H groups in total. The number of esters is 1. The number of rotatable bonds is 4. The van der Waals surface area contributed by atoms with Crippen molar-refractivity contribution in [1.82, 2.24) is 15.3 Å². The monoisotopic (exact) mass is 434 g/mol. The number of hydrogen-bond donors (Lipinski definition) is 1. The maximum atomic E-state index is 12.8. The van der Waals surface area contributed by atoms with Crippen LogP contribution < -0.4 is 5.32 Å². The number of aromatic nitrogens is 2. The van der Waals surface area contributed by atoms with Crippen molar-refractivity contribution in [1.29, 1.82) is 0 Å². The average Bonchev–Trinajstić information content (AvgIpc) is 2.88. The molecule has 0 radical (unpaired) electrons. The Kier molecular flexibility index (Phi) is 5.40. The smallest absolute Gasteiger partial charge is 0.338 e. The van der Waals surface area contributed by atoms with Crippen LogP contribution in [0.5, 0.6) is 0 Å². The van der Waals surface area contributed by atoms with Crippen molar-refractivity contribution in [3.05, 3.63) is 108 Å². The Hall–Kier alpha value is -4.32. The quantitative estimate of drug-likeness (QED) is 0.466. The lowest BCUT2D eigenvalue weighted by Crippen LogP contribution is -2.33. The van der Waals surface area contributed by atoms with Crippen LogP contribution in [0.15, 0.2) is 101 Å². The number of fused-ring (bicyclic) bond motifs is 1. The number of nitrogens with zero attached hydrogens (tertiary/aromatic N) is 3. The van der Waals surface area contributed by atoms with Gasteiger partial charge >= 0.3 is 5.97 Å². The summed E-state index contributed by atoms with van der Waals surface area (Å²) >= 11 is 0. The van der Waals surface area contributed by atoms with Crippen LogP contribution >= 0.6 is 0 Å². The van der Waals surface area contributed by atoms with Crippen molar-refractivity contribution in [2.24, 2.45) is 4.99 Å². The molecule has 0 aliphatic carbocycles. The predicted molar refractivity (Wildman–Crippen MR) is 129 cm³/mol. The van der Waals surface area contributed by atoms with Gasteiger partial charge in [-0.15, -0.1) is 0 Å². The number of ether oxygens (including phenoxy) is 1. The highest BCUT2D eigenvalue weighted by molar-refractivity contribution is 6.03. The summed E-state index contributed by atoms with van der Waals surface area (Å²) in [6.45, 7) is 1.86. The summed E-state index contributed by atoms with van der Waals surface area (Å²) in [5.41, 5.74) is 5.65. The molecule has 5 rings (SSSR count). The molecule has 162 valence electrons. The van der Waals surface area contributed by atoms with Crippen molar-refractivity contribution < 1.29 is 9.53 Å². The standard InChI is InChI=1S/C27H22N4O2/c1-17-24(27(32)33-2)25(31-26(30-17)23-12-6-7-14-28-23)20-11-8-13-22-21(20)15-19(16-29-22)18-9-4-3-5-10-18/h3-16,25H,1-2H3,(H,30,31). The summed E-state index contributed by atoms with van der Waals surface area (Å²) in [5, 5.41) is 4.17. The van der Waals surface area contributed by atoms with Gasteiger partial charge in [-0.3, -0.25) is 15.0 Å². The summed E-state index contributed by atoms with van der Waals surface area (Å²) in [5.74, 6) is 0.188. The van der Waals surface area contributed by atoms with E-state index < -0.39 is 12.0 Å². The number of hydrogen-bond acceptors (Lipinski definition) is 6. The van der Waals surface area contributed by atoms with Crippen LogP contribution in [-0.2, 0) is 9.53 Å². The molecule has 0 amide bonds. The van der Waals surface area contributed by atoms with Crippen molar-refractivity contribution in [2.75, 3.05) is 7.11 Å². The molecule has 0 bridgehead atoms. The van der Waals surface area contributed by atoms with Gasteiger partial charge in [0.1, 0.15) is 11.7 Å². The molecule has 2 aromatic carbocycles. The Bertz CT molecular complexity index is 1400.